The Labute approximate surface area is 120 Å². The number of aromatic nitrogens is 4. The highest BCUT2D eigenvalue weighted by atomic mass is 16.3. The number of hydrogen-bond acceptors (Lipinski definition) is 5. The second kappa shape index (κ2) is 5.58. The van der Waals surface area contributed by atoms with E-state index in [-0.39, 0.29) is 12.5 Å². The third-order valence-corrected chi connectivity index (χ3v) is 2.95. The molecule has 3 aromatic rings. The Morgan fingerprint density at radius 2 is 2.14 bits per heavy atom. The fourth-order valence-electron chi connectivity index (χ4n) is 1.85. The Morgan fingerprint density at radius 1 is 1.33 bits per heavy atom. The van der Waals surface area contributed by atoms with E-state index in [0.717, 1.165) is 11.1 Å². The lowest BCUT2D eigenvalue weighted by Crippen LogP contribution is -2.23. The van der Waals surface area contributed by atoms with Crippen LogP contribution < -0.4 is 5.32 Å². The standard InChI is InChI=1S/C14H13N5O2/c1-9-4-7-21-12(9)14(20)16-8-11-17-13(19-18-11)10-2-5-15-6-3-10/h2-7H,8H2,1H3,(H,16,20)(H,17,18,19). The minimum atomic E-state index is -0.278. The number of nitrogens with zero attached hydrogens (tertiary/aromatic N) is 3. The molecular formula is C14H13N5O2. The molecule has 0 aliphatic heterocycles. The molecule has 0 saturated heterocycles. The maximum absolute atomic E-state index is 11.9. The summed E-state index contributed by atoms with van der Waals surface area (Å²) >= 11 is 0. The molecule has 0 fully saturated rings. The number of hydrogen-bond donors (Lipinski definition) is 2. The van der Waals surface area contributed by atoms with Crippen LogP contribution in [0.15, 0.2) is 41.3 Å². The van der Waals surface area contributed by atoms with E-state index < -0.39 is 0 Å². The van der Waals surface area contributed by atoms with Crippen molar-refractivity contribution in [2.75, 3.05) is 0 Å². The summed E-state index contributed by atoms with van der Waals surface area (Å²) in [6.45, 7) is 2.06. The highest BCUT2D eigenvalue weighted by molar-refractivity contribution is 5.92. The van der Waals surface area contributed by atoms with Gasteiger partial charge >= 0.3 is 0 Å². The first-order valence-electron chi connectivity index (χ1n) is 6.38. The van der Waals surface area contributed by atoms with E-state index in [1.54, 1.807) is 18.5 Å². The van der Waals surface area contributed by atoms with Crippen LogP contribution in [-0.2, 0) is 6.54 Å². The fourth-order valence-corrected chi connectivity index (χ4v) is 1.85. The highest BCUT2D eigenvalue weighted by Gasteiger charge is 2.13. The smallest absolute Gasteiger partial charge is 0.287 e. The van der Waals surface area contributed by atoms with Crippen LogP contribution in [0.4, 0.5) is 0 Å². The van der Waals surface area contributed by atoms with Gasteiger partial charge in [0.2, 0.25) is 0 Å². The number of aryl methyl sites for hydroxylation is 1. The Kier molecular flexibility index (Phi) is 3.46. The van der Waals surface area contributed by atoms with E-state index in [9.17, 15) is 4.79 Å². The molecule has 0 unspecified atom stereocenters. The molecule has 0 saturated carbocycles. The van der Waals surface area contributed by atoms with E-state index >= 15 is 0 Å². The summed E-state index contributed by atoms with van der Waals surface area (Å²) in [6, 6.07) is 5.38. The Balaban J connectivity index is 1.66. The largest absolute Gasteiger partial charge is 0.459 e. The predicted octanol–water partition coefficient (Wildman–Crippen LogP) is 1.70. The molecule has 1 amide bonds. The maximum atomic E-state index is 11.9. The molecule has 7 nitrogen and oxygen atoms in total. The second-order valence-electron chi connectivity index (χ2n) is 4.46. The van der Waals surface area contributed by atoms with Gasteiger partial charge in [-0.05, 0) is 25.1 Å². The topological polar surface area (TPSA) is 96.7 Å². The van der Waals surface area contributed by atoms with Gasteiger partial charge in [0.25, 0.3) is 5.91 Å². The van der Waals surface area contributed by atoms with Crippen molar-refractivity contribution < 1.29 is 9.21 Å². The van der Waals surface area contributed by atoms with E-state index in [0.29, 0.717) is 17.4 Å². The highest BCUT2D eigenvalue weighted by Crippen LogP contribution is 2.12. The number of carbonyl (C=O) groups excluding carboxylic acids is 1. The number of carbonyl (C=O) groups is 1. The lowest BCUT2D eigenvalue weighted by atomic mass is 10.2. The Bertz CT molecular complexity index is 748. The minimum Gasteiger partial charge on any atom is -0.459 e. The first-order valence-corrected chi connectivity index (χ1v) is 6.38. The SMILES string of the molecule is Cc1ccoc1C(=O)NCc1nc(-c2ccncc2)n[nH]1. The van der Waals surface area contributed by atoms with Crippen LogP contribution >= 0.6 is 0 Å². The number of rotatable bonds is 4. The fraction of sp³-hybridized carbons (Fsp3) is 0.143. The average molecular weight is 283 g/mol. The van der Waals surface area contributed by atoms with Gasteiger partial charge in [0.05, 0.1) is 12.8 Å². The zero-order valence-corrected chi connectivity index (χ0v) is 11.3. The summed E-state index contributed by atoms with van der Waals surface area (Å²) in [6.07, 6.45) is 4.83. The van der Waals surface area contributed by atoms with Crippen molar-refractivity contribution in [2.24, 2.45) is 0 Å². The Hall–Kier alpha value is -2.96. The quantitative estimate of drug-likeness (QED) is 0.759. The molecule has 2 N–H and O–H groups in total. The van der Waals surface area contributed by atoms with E-state index in [2.05, 4.69) is 25.5 Å². The van der Waals surface area contributed by atoms with Gasteiger partial charge in [-0.15, -0.1) is 0 Å². The molecule has 0 bridgehead atoms. The zero-order chi connectivity index (χ0) is 14.7. The predicted molar refractivity (Wildman–Crippen MR) is 74.2 cm³/mol. The molecule has 21 heavy (non-hydrogen) atoms. The number of furan rings is 1. The molecule has 0 spiro atoms. The van der Waals surface area contributed by atoms with Gasteiger partial charge in [-0.3, -0.25) is 14.9 Å². The van der Waals surface area contributed by atoms with Crippen LogP contribution in [0.1, 0.15) is 21.9 Å². The normalized spacial score (nSPS) is 10.5. The van der Waals surface area contributed by atoms with Crippen LogP contribution in [0, 0.1) is 6.92 Å². The van der Waals surface area contributed by atoms with Crippen molar-refractivity contribution in [2.45, 2.75) is 13.5 Å². The first-order chi connectivity index (χ1) is 10.2. The number of aromatic amines is 1. The third kappa shape index (κ3) is 2.81. The summed E-state index contributed by atoms with van der Waals surface area (Å²) in [5, 5.41) is 9.63. The van der Waals surface area contributed by atoms with E-state index in [1.807, 2.05) is 19.1 Å². The van der Waals surface area contributed by atoms with Crippen molar-refractivity contribution >= 4 is 5.91 Å². The Morgan fingerprint density at radius 3 is 2.86 bits per heavy atom. The van der Waals surface area contributed by atoms with Gasteiger partial charge in [0, 0.05) is 23.5 Å². The number of pyridine rings is 1. The van der Waals surface area contributed by atoms with Crippen molar-refractivity contribution in [1.82, 2.24) is 25.5 Å². The summed E-state index contributed by atoms with van der Waals surface area (Å²) in [5.74, 6) is 1.17. The number of nitrogens with one attached hydrogen (secondary N) is 2. The van der Waals surface area contributed by atoms with Crippen molar-refractivity contribution in [3.05, 3.63) is 54.0 Å². The molecule has 0 atom stereocenters. The molecule has 0 aliphatic carbocycles. The minimum absolute atomic E-state index is 0.247. The summed E-state index contributed by atoms with van der Waals surface area (Å²) in [4.78, 5) is 20.2. The molecule has 7 heteroatoms. The first kappa shape index (κ1) is 13.0. The third-order valence-electron chi connectivity index (χ3n) is 2.95. The lowest BCUT2D eigenvalue weighted by molar-refractivity contribution is 0.0921. The molecule has 0 aliphatic rings. The van der Waals surface area contributed by atoms with Crippen molar-refractivity contribution in [1.29, 1.82) is 0 Å². The zero-order valence-electron chi connectivity index (χ0n) is 11.3. The molecule has 106 valence electrons. The lowest BCUT2D eigenvalue weighted by Gasteiger charge is -2.00. The molecular weight excluding hydrogens is 270 g/mol. The van der Waals surface area contributed by atoms with Gasteiger partial charge in [0.15, 0.2) is 11.6 Å². The molecule has 0 radical (unpaired) electrons. The van der Waals surface area contributed by atoms with Gasteiger partial charge < -0.3 is 9.73 Å². The number of amides is 1. The van der Waals surface area contributed by atoms with E-state index in [1.165, 1.54) is 6.26 Å². The van der Waals surface area contributed by atoms with Crippen molar-refractivity contribution in [3.8, 4) is 11.4 Å². The monoisotopic (exact) mass is 283 g/mol. The van der Waals surface area contributed by atoms with Gasteiger partial charge in [-0.2, -0.15) is 5.10 Å². The summed E-state index contributed by atoms with van der Waals surface area (Å²) in [7, 11) is 0. The summed E-state index contributed by atoms with van der Waals surface area (Å²) < 4.78 is 5.12. The van der Waals surface area contributed by atoms with Gasteiger partial charge in [-0.25, -0.2) is 4.98 Å². The molecule has 0 aromatic carbocycles. The van der Waals surface area contributed by atoms with Crippen LogP contribution in [0.5, 0.6) is 0 Å². The molecule has 3 rings (SSSR count). The van der Waals surface area contributed by atoms with Gasteiger partial charge in [-0.1, -0.05) is 0 Å². The van der Waals surface area contributed by atoms with Crippen LogP contribution in [0.25, 0.3) is 11.4 Å². The van der Waals surface area contributed by atoms with Crippen LogP contribution in [-0.4, -0.2) is 26.1 Å². The van der Waals surface area contributed by atoms with Crippen LogP contribution in [0.2, 0.25) is 0 Å². The second-order valence-corrected chi connectivity index (χ2v) is 4.46. The number of H-pyrrole nitrogens is 1. The maximum Gasteiger partial charge on any atom is 0.287 e. The van der Waals surface area contributed by atoms with E-state index in [4.69, 9.17) is 4.42 Å². The molecule has 3 heterocycles. The summed E-state index contributed by atoms with van der Waals surface area (Å²) in [5.41, 5.74) is 1.66. The average Bonchev–Trinajstić information content (AvgIpc) is 3.15. The molecule has 3 aromatic heterocycles. The van der Waals surface area contributed by atoms with Gasteiger partial charge in [0.1, 0.15) is 5.82 Å². The van der Waals surface area contributed by atoms with Crippen LogP contribution in [0.3, 0.4) is 0 Å². The van der Waals surface area contributed by atoms with Crippen molar-refractivity contribution in [3.63, 3.8) is 0 Å².